The fourth-order valence-electron chi connectivity index (χ4n) is 4.09. The monoisotopic (exact) mass is 439 g/mol. The van der Waals surface area contributed by atoms with Crippen molar-refractivity contribution in [2.24, 2.45) is 0 Å². The summed E-state index contributed by atoms with van der Waals surface area (Å²) >= 11 is 0. The molecule has 0 saturated carbocycles. The van der Waals surface area contributed by atoms with E-state index in [1.54, 1.807) is 0 Å². The van der Waals surface area contributed by atoms with E-state index in [1.807, 2.05) is 55.5 Å². The zero-order valence-corrected chi connectivity index (χ0v) is 17.7. The lowest BCUT2D eigenvalue weighted by Gasteiger charge is -2.17. The van der Waals surface area contributed by atoms with Crippen molar-refractivity contribution in [1.82, 2.24) is 5.32 Å². The van der Waals surface area contributed by atoms with Crippen LogP contribution in [-0.4, -0.2) is 18.6 Å². The van der Waals surface area contributed by atoms with Gasteiger partial charge in [-0.25, -0.2) is 0 Å². The molecule has 166 valence electrons. The third-order valence-electron chi connectivity index (χ3n) is 5.67. The van der Waals surface area contributed by atoms with Gasteiger partial charge >= 0.3 is 6.18 Å². The Morgan fingerprint density at radius 2 is 1.72 bits per heavy atom. The van der Waals surface area contributed by atoms with Crippen LogP contribution in [0.1, 0.15) is 38.2 Å². The average molecular weight is 439 g/mol. The molecule has 1 N–H and O–H groups in total. The van der Waals surface area contributed by atoms with E-state index < -0.39 is 17.6 Å². The Kier molecular flexibility index (Phi) is 6.21. The van der Waals surface area contributed by atoms with Crippen LogP contribution in [-0.2, 0) is 25.4 Å². The molecule has 3 aromatic carbocycles. The van der Waals surface area contributed by atoms with Crippen molar-refractivity contribution < 1.29 is 22.7 Å². The van der Waals surface area contributed by atoms with Crippen LogP contribution < -0.4 is 10.1 Å². The number of carbonyl (C=O) groups excluding carboxylic acids is 1. The maximum atomic E-state index is 13.5. The minimum absolute atomic E-state index is 0.0760. The van der Waals surface area contributed by atoms with Crippen LogP contribution in [0.15, 0.2) is 66.7 Å². The Hall–Kier alpha value is -3.28. The Labute approximate surface area is 185 Å². The molecule has 4 rings (SSSR count). The lowest BCUT2D eigenvalue weighted by molar-refractivity contribution is -0.138. The first-order chi connectivity index (χ1) is 15.3. The first-order valence-electron chi connectivity index (χ1n) is 10.6. The molecule has 6 heteroatoms. The van der Waals surface area contributed by atoms with E-state index in [9.17, 15) is 18.0 Å². The molecule has 1 aliphatic rings. The standard InChI is InChI=1S/C26H24F3NO2/c1-17-5-4-6-18(13-17)11-12-32-24-16-21(9-10-23(24)26(27,28)29)25(31)30-22-14-19-7-2-3-8-20(19)15-22/h2-10,13,16,22H,11-12,14-15H2,1H3,(H,30,31). The Morgan fingerprint density at radius 3 is 2.38 bits per heavy atom. The molecule has 3 aromatic rings. The summed E-state index contributed by atoms with van der Waals surface area (Å²) < 4.78 is 46.0. The SMILES string of the molecule is Cc1cccc(CCOc2cc(C(=O)NC3Cc4ccccc4C3)ccc2C(F)(F)F)c1. The number of ether oxygens (including phenoxy) is 1. The second-order valence-electron chi connectivity index (χ2n) is 8.14. The highest BCUT2D eigenvalue weighted by molar-refractivity contribution is 5.95. The van der Waals surface area contributed by atoms with Crippen LogP contribution in [0.2, 0.25) is 0 Å². The smallest absolute Gasteiger partial charge is 0.419 e. The number of carbonyl (C=O) groups is 1. The first kappa shape index (κ1) is 21.9. The molecule has 0 heterocycles. The summed E-state index contributed by atoms with van der Waals surface area (Å²) in [4.78, 5) is 12.7. The normalized spacial score (nSPS) is 13.6. The lowest BCUT2D eigenvalue weighted by atomic mass is 10.1. The number of benzene rings is 3. The van der Waals surface area contributed by atoms with E-state index in [4.69, 9.17) is 4.74 Å². The number of hydrogen-bond acceptors (Lipinski definition) is 2. The van der Waals surface area contributed by atoms with Crippen molar-refractivity contribution >= 4 is 5.91 Å². The number of fused-ring (bicyclic) bond motifs is 1. The summed E-state index contributed by atoms with van der Waals surface area (Å²) in [5.41, 5.74) is 3.70. The molecule has 0 saturated heterocycles. The van der Waals surface area contributed by atoms with Gasteiger partial charge in [-0.1, -0.05) is 54.1 Å². The number of aryl methyl sites for hydroxylation is 1. The molecule has 0 aliphatic heterocycles. The van der Waals surface area contributed by atoms with Crippen molar-refractivity contribution in [1.29, 1.82) is 0 Å². The maximum Gasteiger partial charge on any atom is 0.419 e. The van der Waals surface area contributed by atoms with Crippen molar-refractivity contribution in [3.63, 3.8) is 0 Å². The zero-order chi connectivity index (χ0) is 22.7. The summed E-state index contributed by atoms with van der Waals surface area (Å²) in [7, 11) is 0. The minimum atomic E-state index is -4.57. The van der Waals surface area contributed by atoms with Gasteiger partial charge in [-0.3, -0.25) is 4.79 Å². The molecule has 0 fully saturated rings. The Balaban J connectivity index is 1.46. The van der Waals surface area contributed by atoms with Crippen LogP contribution in [0.3, 0.4) is 0 Å². The van der Waals surface area contributed by atoms with Gasteiger partial charge in [-0.2, -0.15) is 13.2 Å². The van der Waals surface area contributed by atoms with Crippen LogP contribution in [0.25, 0.3) is 0 Å². The van der Waals surface area contributed by atoms with Gasteiger partial charge in [0.25, 0.3) is 5.91 Å². The molecule has 0 radical (unpaired) electrons. The number of amides is 1. The molecule has 0 atom stereocenters. The topological polar surface area (TPSA) is 38.3 Å². The number of alkyl halides is 3. The number of nitrogens with one attached hydrogen (secondary N) is 1. The zero-order valence-electron chi connectivity index (χ0n) is 17.7. The van der Waals surface area contributed by atoms with Crippen molar-refractivity contribution in [3.8, 4) is 5.75 Å². The molecule has 32 heavy (non-hydrogen) atoms. The first-order valence-corrected chi connectivity index (χ1v) is 10.6. The Morgan fingerprint density at radius 1 is 1.00 bits per heavy atom. The van der Waals surface area contributed by atoms with Crippen LogP contribution >= 0.6 is 0 Å². The number of halogens is 3. The lowest BCUT2D eigenvalue weighted by Crippen LogP contribution is -2.35. The molecule has 0 unspecified atom stereocenters. The fourth-order valence-corrected chi connectivity index (χ4v) is 4.09. The second kappa shape index (κ2) is 9.07. The summed E-state index contributed by atoms with van der Waals surface area (Å²) in [6, 6.07) is 18.9. The molecular formula is C26H24F3NO2. The van der Waals surface area contributed by atoms with Crippen LogP contribution in [0.5, 0.6) is 5.75 Å². The average Bonchev–Trinajstić information content (AvgIpc) is 3.15. The van der Waals surface area contributed by atoms with Gasteiger partial charge in [0.05, 0.1) is 12.2 Å². The van der Waals surface area contributed by atoms with Gasteiger partial charge in [0, 0.05) is 18.0 Å². The van der Waals surface area contributed by atoms with Gasteiger partial charge in [0.1, 0.15) is 5.75 Å². The van der Waals surface area contributed by atoms with E-state index in [0.717, 1.165) is 17.2 Å². The van der Waals surface area contributed by atoms with Crippen molar-refractivity contribution in [2.75, 3.05) is 6.61 Å². The molecular weight excluding hydrogens is 415 g/mol. The number of rotatable bonds is 6. The highest BCUT2D eigenvalue weighted by Gasteiger charge is 2.35. The number of hydrogen-bond donors (Lipinski definition) is 1. The summed E-state index contributed by atoms with van der Waals surface area (Å²) in [6.45, 7) is 2.03. The quantitative estimate of drug-likeness (QED) is 0.548. The third kappa shape index (κ3) is 5.13. The third-order valence-corrected chi connectivity index (χ3v) is 5.67. The molecule has 0 bridgehead atoms. The molecule has 0 aromatic heterocycles. The largest absolute Gasteiger partial charge is 0.493 e. The van der Waals surface area contributed by atoms with E-state index in [1.165, 1.54) is 23.3 Å². The molecule has 0 spiro atoms. The van der Waals surface area contributed by atoms with E-state index in [2.05, 4.69) is 5.32 Å². The van der Waals surface area contributed by atoms with E-state index in [0.29, 0.717) is 19.3 Å². The molecule has 1 aliphatic carbocycles. The summed E-state index contributed by atoms with van der Waals surface area (Å²) in [5.74, 6) is -0.729. The maximum absolute atomic E-state index is 13.5. The highest BCUT2D eigenvalue weighted by Crippen LogP contribution is 2.37. The van der Waals surface area contributed by atoms with E-state index in [-0.39, 0.29) is 24.0 Å². The summed E-state index contributed by atoms with van der Waals surface area (Å²) in [5, 5.41) is 2.94. The minimum Gasteiger partial charge on any atom is -0.493 e. The van der Waals surface area contributed by atoms with Gasteiger partial charge in [-0.15, -0.1) is 0 Å². The van der Waals surface area contributed by atoms with Crippen molar-refractivity contribution in [2.45, 2.75) is 38.4 Å². The summed E-state index contributed by atoms with van der Waals surface area (Å²) in [6.07, 6.45) is -2.68. The van der Waals surface area contributed by atoms with Gasteiger partial charge in [0.15, 0.2) is 0 Å². The highest BCUT2D eigenvalue weighted by atomic mass is 19.4. The van der Waals surface area contributed by atoms with Gasteiger partial charge in [-0.05, 0) is 54.7 Å². The van der Waals surface area contributed by atoms with Gasteiger partial charge in [0.2, 0.25) is 0 Å². The van der Waals surface area contributed by atoms with E-state index >= 15 is 0 Å². The second-order valence-corrected chi connectivity index (χ2v) is 8.14. The molecule has 3 nitrogen and oxygen atoms in total. The predicted molar refractivity (Wildman–Crippen MR) is 117 cm³/mol. The molecule has 1 amide bonds. The van der Waals surface area contributed by atoms with Gasteiger partial charge < -0.3 is 10.1 Å². The Bertz CT molecular complexity index is 1100. The fraction of sp³-hybridized carbons (Fsp3) is 0.269. The predicted octanol–water partition coefficient (Wildman–Crippen LogP) is 5.53. The van der Waals surface area contributed by atoms with Crippen LogP contribution in [0.4, 0.5) is 13.2 Å². The van der Waals surface area contributed by atoms with Crippen LogP contribution in [0, 0.1) is 6.92 Å². The van der Waals surface area contributed by atoms with Crippen molar-refractivity contribution in [3.05, 3.63) is 100 Å².